The molecule has 6 aliphatic rings. The minimum atomic E-state index is -1.01. The topological polar surface area (TPSA) is 88.5 Å². The number of carbonyl (C=O) groups is 2. The average Bonchev–Trinajstić information content (AvgIpc) is 3.76. The van der Waals surface area contributed by atoms with Crippen LogP contribution in [0.4, 0.5) is 0 Å². The van der Waals surface area contributed by atoms with Crippen molar-refractivity contribution < 1.29 is 28.9 Å². The molecule has 3 heterocycles. The number of ether oxygens (including phenoxy) is 3. The van der Waals surface area contributed by atoms with Gasteiger partial charge in [0.1, 0.15) is 12.7 Å². The molecule has 1 N–H and O–H groups in total. The molecule has 8 nitrogen and oxygen atoms in total. The van der Waals surface area contributed by atoms with Crippen LogP contribution in [-0.4, -0.2) is 70.8 Å². The zero-order valence-electron chi connectivity index (χ0n) is 26.2. The Morgan fingerprint density at radius 2 is 1.83 bits per heavy atom. The summed E-state index contributed by atoms with van der Waals surface area (Å²) in [5.74, 6) is 1.66. The first kappa shape index (κ1) is 28.4. The number of nitrogens with zero attached hydrogens (tertiary/aromatic N) is 2. The zero-order valence-corrected chi connectivity index (χ0v) is 26.2. The summed E-state index contributed by atoms with van der Waals surface area (Å²) in [6.07, 6.45) is 4.77. The summed E-state index contributed by atoms with van der Waals surface area (Å²) in [4.78, 5) is 31.5. The Hall–Kier alpha value is -3.88. The predicted octanol–water partition coefficient (Wildman–Crippen LogP) is 4.96. The lowest BCUT2D eigenvalue weighted by Gasteiger charge is -2.65. The summed E-state index contributed by atoms with van der Waals surface area (Å²) in [5, 5.41) is 13.1. The molecular formula is C38H40N2O6. The highest BCUT2D eigenvalue weighted by molar-refractivity contribution is 6.00. The van der Waals surface area contributed by atoms with Crippen LogP contribution < -0.4 is 9.47 Å². The molecular weight excluding hydrogens is 580 g/mol. The Morgan fingerprint density at radius 1 is 1.02 bits per heavy atom. The van der Waals surface area contributed by atoms with Gasteiger partial charge in [-0.15, -0.1) is 0 Å². The van der Waals surface area contributed by atoms with Gasteiger partial charge in [-0.25, -0.2) is 0 Å². The van der Waals surface area contributed by atoms with Crippen molar-refractivity contribution in [3.63, 3.8) is 0 Å². The lowest BCUT2D eigenvalue weighted by atomic mass is 9.48. The van der Waals surface area contributed by atoms with E-state index in [1.807, 2.05) is 65.6 Å². The molecule has 3 fully saturated rings. The second-order valence-electron chi connectivity index (χ2n) is 14.2. The van der Waals surface area contributed by atoms with E-state index in [0.29, 0.717) is 36.5 Å². The van der Waals surface area contributed by atoms with Crippen molar-refractivity contribution in [3.05, 3.63) is 94.5 Å². The minimum absolute atomic E-state index is 0.0132. The summed E-state index contributed by atoms with van der Waals surface area (Å²) >= 11 is 0. The molecule has 46 heavy (non-hydrogen) atoms. The van der Waals surface area contributed by atoms with Gasteiger partial charge in [-0.05, 0) is 79.8 Å². The van der Waals surface area contributed by atoms with Crippen LogP contribution in [0.1, 0.15) is 77.2 Å². The number of hydrogen-bond acceptors (Lipinski definition) is 7. The maximum Gasteiger partial charge on any atom is 0.307 e. The Labute approximate surface area is 269 Å². The Balaban J connectivity index is 1.16. The normalized spacial score (nSPS) is 32.0. The van der Waals surface area contributed by atoms with Gasteiger partial charge in [0.15, 0.2) is 11.5 Å². The van der Waals surface area contributed by atoms with E-state index in [-0.39, 0.29) is 30.4 Å². The molecule has 238 valence electrons. The molecule has 1 spiro atoms. The summed E-state index contributed by atoms with van der Waals surface area (Å²) in [5.41, 5.74) is 3.12. The predicted molar refractivity (Wildman–Crippen MR) is 170 cm³/mol. The fourth-order valence-corrected chi connectivity index (χ4v) is 9.82. The van der Waals surface area contributed by atoms with Gasteiger partial charge in [-0.2, -0.15) is 0 Å². The van der Waals surface area contributed by atoms with E-state index in [4.69, 9.17) is 14.2 Å². The van der Waals surface area contributed by atoms with Crippen LogP contribution in [0.5, 0.6) is 11.5 Å². The highest BCUT2D eigenvalue weighted by atomic mass is 16.5. The van der Waals surface area contributed by atoms with Gasteiger partial charge in [-0.1, -0.05) is 54.6 Å². The molecule has 2 bridgehead atoms. The lowest BCUT2D eigenvalue weighted by Crippen LogP contribution is -2.78. The van der Waals surface area contributed by atoms with Crippen LogP contribution in [0.25, 0.3) is 0 Å². The number of aliphatic hydroxyl groups is 1. The number of carbonyl (C=O) groups excluding carboxylic acids is 2. The van der Waals surface area contributed by atoms with Gasteiger partial charge in [0.05, 0.1) is 36.6 Å². The number of methoxy groups -OCH3 is 1. The zero-order chi connectivity index (χ0) is 31.2. The van der Waals surface area contributed by atoms with Crippen LogP contribution in [0.2, 0.25) is 0 Å². The van der Waals surface area contributed by atoms with Crippen LogP contribution in [0.15, 0.2) is 66.7 Å². The van der Waals surface area contributed by atoms with Crippen LogP contribution in [0.3, 0.4) is 0 Å². The molecule has 0 aromatic heterocycles. The van der Waals surface area contributed by atoms with Gasteiger partial charge >= 0.3 is 5.97 Å². The van der Waals surface area contributed by atoms with Crippen molar-refractivity contribution in [3.8, 4) is 11.5 Å². The molecule has 3 aromatic rings. The van der Waals surface area contributed by atoms with Gasteiger partial charge in [0, 0.05) is 23.7 Å². The van der Waals surface area contributed by atoms with Crippen molar-refractivity contribution in [2.45, 2.75) is 86.8 Å². The number of benzene rings is 3. The average molecular weight is 621 g/mol. The fourth-order valence-electron chi connectivity index (χ4n) is 9.82. The molecule has 6 atom stereocenters. The number of fused-ring (bicyclic) bond motifs is 1. The minimum Gasteiger partial charge on any atom is -0.485 e. The van der Waals surface area contributed by atoms with Gasteiger partial charge < -0.3 is 24.2 Å². The third kappa shape index (κ3) is 3.92. The van der Waals surface area contributed by atoms with Crippen molar-refractivity contribution >= 4 is 11.9 Å². The molecule has 0 radical (unpaired) electrons. The third-order valence-corrected chi connectivity index (χ3v) is 12.0. The second kappa shape index (κ2) is 10.3. The summed E-state index contributed by atoms with van der Waals surface area (Å²) in [6.45, 7) is 2.31. The van der Waals surface area contributed by atoms with E-state index in [2.05, 4.69) is 11.0 Å². The smallest absolute Gasteiger partial charge is 0.307 e. The second-order valence-corrected chi connectivity index (χ2v) is 14.2. The number of amides is 1. The Morgan fingerprint density at radius 3 is 2.63 bits per heavy atom. The first-order chi connectivity index (χ1) is 22.4. The van der Waals surface area contributed by atoms with E-state index in [1.165, 1.54) is 25.5 Å². The molecule has 1 saturated heterocycles. The molecule has 2 saturated carbocycles. The Kier molecular flexibility index (Phi) is 6.35. The maximum absolute atomic E-state index is 14.3. The maximum atomic E-state index is 14.3. The lowest BCUT2D eigenvalue weighted by molar-refractivity contribution is -0.200. The Bertz CT molecular complexity index is 1720. The fraction of sp³-hybridized carbons (Fsp3) is 0.474. The molecule has 9 rings (SSSR count). The molecule has 1 unspecified atom stereocenters. The van der Waals surface area contributed by atoms with E-state index >= 15 is 0 Å². The molecule has 3 aliphatic heterocycles. The third-order valence-electron chi connectivity index (χ3n) is 12.0. The molecule has 8 heteroatoms. The summed E-state index contributed by atoms with van der Waals surface area (Å²) in [7, 11) is 1.39. The first-order valence-electron chi connectivity index (χ1n) is 16.9. The van der Waals surface area contributed by atoms with Gasteiger partial charge in [-0.3, -0.25) is 14.5 Å². The van der Waals surface area contributed by atoms with Crippen LogP contribution in [-0.2, 0) is 28.0 Å². The molecule has 1 amide bonds. The van der Waals surface area contributed by atoms with Crippen LogP contribution in [0, 0.1) is 5.92 Å². The largest absolute Gasteiger partial charge is 0.485 e. The molecule has 3 aromatic carbocycles. The standard InChI is InChI=1S/C38H40N2O6/c1-44-32(41)20-29-26-9-5-6-10-27(26)36(42)40(29)28-15-16-38(43)31-19-25-13-14-30(45-22-24-7-3-2-4-8-24)34-33(25)37(38,35(28)46-34)17-18-39(31)21-23-11-12-23/h2-10,13-14,23,28-29,31,35,43H,11-12,15-22H2,1H3/t28-,29?,31-,35+,37+,38-/m1/s1. The number of esters is 1. The van der Waals surface area contributed by atoms with E-state index in [0.717, 1.165) is 48.5 Å². The van der Waals surface area contributed by atoms with Crippen molar-refractivity contribution in [2.75, 3.05) is 20.2 Å². The van der Waals surface area contributed by atoms with E-state index in [1.54, 1.807) is 0 Å². The van der Waals surface area contributed by atoms with Crippen LogP contribution >= 0.6 is 0 Å². The molecule has 3 aliphatic carbocycles. The van der Waals surface area contributed by atoms with Crippen molar-refractivity contribution in [1.82, 2.24) is 9.80 Å². The van der Waals surface area contributed by atoms with Gasteiger partial charge in [0.2, 0.25) is 0 Å². The highest BCUT2D eigenvalue weighted by Crippen LogP contribution is 2.66. The number of piperidine rings is 1. The van der Waals surface area contributed by atoms with E-state index < -0.39 is 23.2 Å². The number of hydrogen-bond donors (Lipinski definition) is 1. The highest BCUT2D eigenvalue weighted by Gasteiger charge is 2.74. The van der Waals surface area contributed by atoms with Gasteiger partial charge in [0.25, 0.3) is 5.91 Å². The monoisotopic (exact) mass is 620 g/mol. The first-order valence-corrected chi connectivity index (χ1v) is 16.9. The van der Waals surface area contributed by atoms with E-state index in [9.17, 15) is 14.7 Å². The number of likely N-dealkylation sites (tertiary alicyclic amines) is 1. The van der Waals surface area contributed by atoms with Crippen molar-refractivity contribution in [1.29, 1.82) is 0 Å². The number of rotatable bonds is 8. The van der Waals surface area contributed by atoms with Crippen molar-refractivity contribution in [2.24, 2.45) is 5.92 Å². The SMILES string of the molecule is COC(=O)CC1c2ccccc2C(=O)N1[C@@H]1CC[C@@]2(O)[C@H]3Cc4ccc(OCc5ccccc5)c5c4[C@@]2(CCN3CC2CC2)[C@H]1O5. The summed E-state index contributed by atoms with van der Waals surface area (Å²) in [6, 6.07) is 21.1. The quantitative estimate of drug-likeness (QED) is 0.357. The summed E-state index contributed by atoms with van der Waals surface area (Å²) < 4.78 is 18.7.